The zero-order valence-electron chi connectivity index (χ0n) is 11.4. The standard InChI is InChI=1S/C15H19FO4/c1-10-2-3-12(16)13(8-10)20-9-15(19)6-4-11(5-7-15)14(17)18/h2-3,8,11,19H,4-7,9H2,1H3,(H,17,18). The summed E-state index contributed by atoms with van der Waals surface area (Å²) in [6.07, 6.45) is 1.56. The number of carboxylic acids is 1. The molecule has 0 bridgehead atoms. The van der Waals surface area contributed by atoms with E-state index in [-0.39, 0.29) is 12.4 Å². The maximum atomic E-state index is 13.5. The first-order chi connectivity index (χ1) is 9.39. The van der Waals surface area contributed by atoms with E-state index in [1.165, 1.54) is 6.07 Å². The molecule has 0 unspecified atom stereocenters. The number of halogens is 1. The van der Waals surface area contributed by atoms with Crippen LogP contribution in [0.2, 0.25) is 0 Å². The Hall–Kier alpha value is -1.62. The Kier molecular flexibility index (Phi) is 4.28. The first-order valence-corrected chi connectivity index (χ1v) is 6.74. The summed E-state index contributed by atoms with van der Waals surface area (Å²) < 4.78 is 18.9. The van der Waals surface area contributed by atoms with Crippen molar-refractivity contribution in [3.63, 3.8) is 0 Å². The highest BCUT2D eigenvalue weighted by atomic mass is 19.1. The lowest BCUT2D eigenvalue weighted by molar-refractivity contribution is -0.145. The molecule has 0 radical (unpaired) electrons. The van der Waals surface area contributed by atoms with E-state index >= 15 is 0 Å². The normalized spacial score (nSPS) is 26.2. The van der Waals surface area contributed by atoms with Crippen LogP contribution in [0.5, 0.6) is 5.75 Å². The highest BCUT2D eigenvalue weighted by Crippen LogP contribution is 2.33. The molecule has 1 aliphatic rings. The van der Waals surface area contributed by atoms with Gasteiger partial charge in [0.25, 0.3) is 0 Å². The summed E-state index contributed by atoms with van der Waals surface area (Å²) in [5.74, 6) is -1.55. The molecule has 0 aliphatic heterocycles. The summed E-state index contributed by atoms with van der Waals surface area (Å²) >= 11 is 0. The summed E-state index contributed by atoms with van der Waals surface area (Å²) in [5, 5.41) is 19.3. The number of hydrogen-bond acceptors (Lipinski definition) is 3. The Bertz CT molecular complexity index is 493. The van der Waals surface area contributed by atoms with Gasteiger partial charge in [-0.05, 0) is 50.3 Å². The van der Waals surface area contributed by atoms with Crippen LogP contribution >= 0.6 is 0 Å². The van der Waals surface area contributed by atoms with Gasteiger partial charge >= 0.3 is 5.97 Å². The SMILES string of the molecule is Cc1ccc(F)c(OCC2(O)CCC(C(=O)O)CC2)c1. The van der Waals surface area contributed by atoms with Crippen molar-refractivity contribution < 1.29 is 24.1 Å². The van der Waals surface area contributed by atoms with Crippen molar-refractivity contribution >= 4 is 5.97 Å². The lowest BCUT2D eigenvalue weighted by Gasteiger charge is -2.34. The van der Waals surface area contributed by atoms with Crippen molar-refractivity contribution in [2.24, 2.45) is 5.92 Å². The van der Waals surface area contributed by atoms with Gasteiger partial charge in [0.1, 0.15) is 6.61 Å². The molecule has 1 aliphatic carbocycles. The van der Waals surface area contributed by atoms with E-state index in [0.29, 0.717) is 25.7 Å². The lowest BCUT2D eigenvalue weighted by atomic mass is 9.79. The monoisotopic (exact) mass is 282 g/mol. The minimum Gasteiger partial charge on any atom is -0.488 e. The van der Waals surface area contributed by atoms with Gasteiger partial charge in [-0.1, -0.05) is 6.07 Å². The van der Waals surface area contributed by atoms with E-state index in [1.807, 2.05) is 6.92 Å². The molecule has 4 nitrogen and oxygen atoms in total. The van der Waals surface area contributed by atoms with E-state index in [9.17, 15) is 14.3 Å². The molecular formula is C15H19FO4. The zero-order chi connectivity index (χ0) is 14.8. The number of ether oxygens (including phenoxy) is 1. The highest BCUT2D eigenvalue weighted by Gasteiger charge is 2.36. The van der Waals surface area contributed by atoms with Crippen molar-refractivity contribution in [2.75, 3.05) is 6.61 Å². The van der Waals surface area contributed by atoms with Crippen LogP contribution in [0.4, 0.5) is 4.39 Å². The molecule has 0 heterocycles. The van der Waals surface area contributed by atoms with E-state index in [2.05, 4.69) is 0 Å². The van der Waals surface area contributed by atoms with Gasteiger partial charge in [0.15, 0.2) is 11.6 Å². The molecule has 110 valence electrons. The molecule has 2 rings (SSSR count). The number of carboxylic acid groups (broad SMARTS) is 1. The van der Waals surface area contributed by atoms with Crippen LogP contribution in [0.3, 0.4) is 0 Å². The number of benzene rings is 1. The third-order valence-corrected chi connectivity index (χ3v) is 3.85. The topological polar surface area (TPSA) is 66.8 Å². The Balaban J connectivity index is 1.94. The van der Waals surface area contributed by atoms with E-state index in [1.54, 1.807) is 12.1 Å². The number of aliphatic hydroxyl groups is 1. The van der Waals surface area contributed by atoms with E-state index in [4.69, 9.17) is 9.84 Å². The zero-order valence-corrected chi connectivity index (χ0v) is 11.4. The molecule has 1 saturated carbocycles. The van der Waals surface area contributed by atoms with Gasteiger partial charge in [0.05, 0.1) is 11.5 Å². The number of hydrogen-bond donors (Lipinski definition) is 2. The highest BCUT2D eigenvalue weighted by molar-refractivity contribution is 5.70. The molecule has 20 heavy (non-hydrogen) atoms. The van der Waals surface area contributed by atoms with Crippen molar-refractivity contribution in [3.05, 3.63) is 29.6 Å². The first kappa shape index (κ1) is 14.8. The summed E-state index contributed by atoms with van der Waals surface area (Å²) in [4.78, 5) is 10.9. The molecule has 1 aromatic rings. The van der Waals surface area contributed by atoms with Crippen LogP contribution in [0.15, 0.2) is 18.2 Å². The molecule has 0 atom stereocenters. The smallest absolute Gasteiger partial charge is 0.306 e. The van der Waals surface area contributed by atoms with Gasteiger partial charge in [-0.3, -0.25) is 4.79 Å². The Labute approximate surface area is 117 Å². The fraction of sp³-hybridized carbons (Fsp3) is 0.533. The van der Waals surface area contributed by atoms with Gasteiger partial charge in [-0.15, -0.1) is 0 Å². The second-order valence-electron chi connectivity index (χ2n) is 5.56. The number of aryl methyl sites for hydroxylation is 1. The van der Waals surface area contributed by atoms with Crippen LogP contribution < -0.4 is 4.74 Å². The molecule has 1 fully saturated rings. The fourth-order valence-electron chi connectivity index (χ4n) is 2.48. The van der Waals surface area contributed by atoms with Gasteiger partial charge in [0, 0.05) is 0 Å². The predicted molar refractivity (Wildman–Crippen MR) is 71.2 cm³/mol. The molecule has 0 amide bonds. The fourth-order valence-corrected chi connectivity index (χ4v) is 2.48. The van der Waals surface area contributed by atoms with Crippen LogP contribution in [0.25, 0.3) is 0 Å². The molecular weight excluding hydrogens is 263 g/mol. The second-order valence-corrected chi connectivity index (χ2v) is 5.56. The molecule has 0 aromatic heterocycles. The van der Waals surface area contributed by atoms with Crippen LogP contribution in [-0.4, -0.2) is 28.4 Å². The molecule has 1 aromatic carbocycles. The average molecular weight is 282 g/mol. The maximum Gasteiger partial charge on any atom is 0.306 e. The van der Waals surface area contributed by atoms with Gasteiger partial charge in [0.2, 0.25) is 0 Å². The Morgan fingerprint density at radius 1 is 1.45 bits per heavy atom. The Morgan fingerprint density at radius 2 is 2.10 bits per heavy atom. The summed E-state index contributed by atoms with van der Waals surface area (Å²) in [6.45, 7) is 1.82. The average Bonchev–Trinajstić information content (AvgIpc) is 2.40. The van der Waals surface area contributed by atoms with Gasteiger partial charge in [-0.25, -0.2) is 4.39 Å². The number of rotatable bonds is 4. The summed E-state index contributed by atoms with van der Waals surface area (Å²) in [5.41, 5.74) is -0.190. The molecule has 5 heteroatoms. The lowest BCUT2D eigenvalue weighted by Crippen LogP contribution is -2.41. The molecule has 2 N–H and O–H groups in total. The maximum absolute atomic E-state index is 13.5. The largest absolute Gasteiger partial charge is 0.488 e. The minimum atomic E-state index is -1.07. The Morgan fingerprint density at radius 3 is 2.70 bits per heavy atom. The van der Waals surface area contributed by atoms with Crippen molar-refractivity contribution in [1.82, 2.24) is 0 Å². The first-order valence-electron chi connectivity index (χ1n) is 6.74. The van der Waals surface area contributed by atoms with Crippen LogP contribution in [-0.2, 0) is 4.79 Å². The van der Waals surface area contributed by atoms with Gasteiger partial charge < -0.3 is 14.9 Å². The number of aliphatic carboxylic acids is 1. The summed E-state index contributed by atoms with van der Waals surface area (Å²) in [6, 6.07) is 4.56. The van der Waals surface area contributed by atoms with E-state index < -0.39 is 23.3 Å². The molecule has 0 spiro atoms. The third-order valence-electron chi connectivity index (χ3n) is 3.85. The second kappa shape index (κ2) is 5.79. The number of carbonyl (C=O) groups is 1. The van der Waals surface area contributed by atoms with Crippen molar-refractivity contribution in [1.29, 1.82) is 0 Å². The molecule has 0 saturated heterocycles. The predicted octanol–water partition coefficient (Wildman–Crippen LogP) is 2.52. The van der Waals surface area contributed by atoms with Crippen LogP contribution in [0, 0.1) is 18.7 Å². The van der Waals surface area contributed by atoms with E-state index in [0.717, 1.165) is 5.56 Å². The quantitative estimate of drug-likeness (QED) is 0.890. The van der Waals surface area contributed by atoms with Crippen LogP contribution in [0.1, 0.15) is 31.2 Å². The van der Waals surface area contributed by atoms with Crippen molar-refractivity contribution in [3.8, 4) is 5.75 Å². The van der Waals surface area contributed by atoms with Gasteiger partial charge in [-0.2, -0.15) is 0 Å². The minimum absolute atomic E-state index is 0.0142. The van der Waals surface area contributed by atoms with Crippen molar-refractivity contribution in [2.45, 2.75) is 38.2 Å². The third kappa shape index (κ3) is 3.48. The summed E-state index contributed by atoms with van der Waals surface area (Å²) in [7, 11) is 0.